The minimum atomic E-state index is 0.319. The molecule has 0 bridgehead atoms. The number of nitrogens with one attached hydrogen (secondary N) is 1. The highest BCUT2D eigenvalue weighted by molar-refractivity contribution is 7.71. The van der Waals surface area contributed by atoms with Gasteiger partial charge in [-0.15, -0.1) is 0 Å². The molecule has 0 aliphatic rings. The van der Waals surface area contributed by atoms with Crippen LogP contribution in [0.4, 0.5) is 5.69 Å². The van der Waals surface area contributed by atoms with Crippen molar-refractivity contribution in [1.82, 2.24) is 9.97 Å². The number of halogens is 1. The smallest absolute Gasteiger partial charge is 0.154 e. The number of nitrogen functional groups attached to an aromatic ring is 1. The summed E-state index contributed by atoms with van der Waals surface area (Å²) < 4.78 is 0.374. The van der Waals surface area contributed by atoms with Crippen LogP contribution in [-0.2, 0) is 0 Å². The van der Waals surface area contributed by atoms with E-state index in [1.54, 1.807) is 0 Å². The molecule has 1 unspecified atom stereocenters. The largest absolute Gasteiger partial charge is 0.394 e. The van der Waals surface area contributed by atoms with Gasteiger partial charge in [-0.25, -0.2) is 4.98 Å². The Labute approximate surface area is 87.3 Å². The Morgan fingerprint density at radius 3 is 2.77 bits per heavy atom. The highest BCUT2D eigenvalue weighted by Gasteiger charge is 2.08. The first-order chi connectivity index (χ1) is 6.06. The van der Waals surface area contributed by atoms with E-state index in [1.807, 2.05) is 0 Å². The lowest BCUT2D eigenvalue weighted by Crippen LogP contribution is -2.03. The highest BCUT2D eigenvalue weighted by atomic mass is 35.5. The molecule has 0 saturated carbocycles. The molecule has 5 heteroatoms. The van der Waals surface area contributed by atoms with Crippen molar-refractivity contribution in [2.24, 2.45) is 0 Å². The first-order valence-corrected chi connectivity index (χ1v) is 4.90. The third-order valence-corrected chi connectivity index (χ3v) is 2.62. The lowest BCUT2D eigenvalue weighted by molar-refractivity contribution is 0.677. The van der Waals surface area contributed by atoms with E-state index in [4.69, 9.17) is 29.6 Å². The first-order valence-electron chi connectivity index (χ1n) is 4.11. The van der Waals surface area contributed by atoms with E-state index < -0.39 is 0 Å². The molecule has 0 aliphatic heterocycles. The van der Waals surface area contributed by atoms with Gasteiger partial charge < -0.3 is 10.7 Å². The van der Waals surface area contributed by atoms with Crippen molar-refractivity contribution < 1.29 is 0 Å². The second-order valence-corrected chi connectivity index (χ2v) is 3.73. The van der Waals surface area contributed by atoms with Gasteiger partial charge in [0.05, 0.1) is 0 Å². The van der Waals surface area contributed by atoms with E-state index in [9.17, 15) is 0 Å². The molecule has 0 aliphatic carbocycles. The van der Waals surface area contributed by atoms with Crippen LogP contribution in [0, 0.1) is 4.64 Å². The zero-order chi connectivity index (χ0) is 10.0. The van der Waals surface area contributed by atoms with Crippen molar-refractivity contribution >= 4 is 29.5 Å². The Morgan fingerprint density at radius 1 is 1.69 bits per heavy atom. The van der Waals surface area contributed by atoms with Crippen LogP contribution < -0.4 is 5.73 Å². The van der Waals surface area contributed by atoms with Gasteiger partial charge in [-0.05, 0) is 6.42 Å². The average molecular weight is 218 g/mol. The molecule has 13 heavy (non-hydrogen) atoms. The zero-order valence-electron chi connectivity index (χ0n) is 7.60. The number of rotatable bonds is 2. The molecule has 0 amide bonds. The number of aromatic amines is 1. The van der Waals surface area contributed by atoms with Crippen molar-refractivity contribution in [2.45, 2.75) is 26.2 Å². The summed E-state index contributed by atoms with van der Waals surface area (Å²) in [4.78, 5) is 7.08. The fourth-order valence-corrected chi connectivity index (χ4v) is 1.34. The highest BCUT2D eigenvalue weighted by Crippen LogP contribution is 2.20. The predicted octanol–water partition coefficient (Wildman–Crippen LogP) is 2.89. The minimum absolute atomic E-state index is 0.319. The van der Waals surface area contributed by atoms with E-state index in [2.05, 4.69) is 23.8 Å². The van der Waals surface area contributed by atoms with Crippen LogP contribution in [0.25, 0.3) is 0 Å². The fourth-order valence-electron chi connectivity index (χ4n) is 0.898. The Morgan fingerprint density at radius 2 is 2.31 bits per heavy atom. The van der Waals surface area contributed by atoms with E-state index in [1.165, 1.54) is 0 Å². The number of nitrogens with two attached hydrogens (primary N) is 1. The Hall–Kier alpha value is -0.610. The summed E-state index contributed by atoms with van der Waals surface area (Å²) in [6.07, 6.45) is 0.985. The SMILES string of the molecule is CCC(C)c1nc(=S)c(N)c(Cl)[nH]1. The van der Waals surface area contributed by atoms with Crippen LogP contribution in [0.2, 0.25) is 5.15 Å². The fraction of sp³-hybridized carbons (Fsp3) is 0.500. The van der Waals surface area contributed by atoms with Crippen LogP contribution in [0.1, 0.15) is 32.0 Å². The summed E-state index contributed by atoms with van der Waals surface area (Å²) in [5.41, 5.74) is 5.91. The van der Waals surface area contributed by atoms with Gasteiger partial charge in [0.15, 0.2) is 4.64 Å². The molecule has 0 radical (unpaired) electrons. The molecule has 0 aromatic carbocycles. The molecule has 0 fully saturated rings. The average Bonchev–Trinajstić information content (AvgIpc) is 2.12. The Bertz CT molecular complexity index is 361. The normalized spacial score (nSPS) is 12.8. The molecular weight excluding hydrogens is 206 g/mol. The second kappa shape index (κ2) is 4.07. The molecule has 1 heterocycles. The summed E-state index contributed by atoms with van der Waals surface area (Å²) in [5, 5.41) is 0.385. The lowest BCUT2D eigenvalue weighted by atomic mass is 10.1. The number of hydrogen-bond acceptors (Lipinski definition) is 3. The van der Waals surface area contributed by atoms with Crippen molar-refractivity contribution in [3.8, 4) is 0 Å². The minimum Gasteiger partial charge on any atom is -0.394 e. The summed E-state index contributed by atoms with van der Waals surface area (Å²) >= 11 is 10.8. The monoisotopic (exact) mass is 217 g/mol. The van der Waals surface area contributed by atoms with E-state index in [0.717, 1.165) is 12.2 Å². The van der Waals surface area contributed by atoms with Gasteiger partial charge in [0, 0.05) is 5.92 Å². The summed E-state index contributed by atoms with van der Waals surface area (Å²) in [6.45, 7) is 4.13. The van der Waals surface area contributed by atoms with Crippen molar-refractivity contribution in [3.63, 3.8) is 0 Å². The van der Waals surface area contributed by atoms with Gasteiger partial charge in [0.1, 0.15) is 16.7 Å². The number of hydrogen-bond donors (Lipinski definition) is 2. The molecule has 3 N–H and O–H groups in total. The molecule has 72 valence electrons. The maximum atomic E-state index is 5.83. The molecular formula is C8H12ClN3S. The topological polar surface area (TPSA) is 54.7 Å². The van der Waals surface area contributed by atoms with Crippen LogP contribution >= 0.6 is 23.8 Å². The maximum Gasteiger partial charge on any atom is 0.154 e. The van der Waals surface area contributed by atoms with Gasteiger partial charge in [-0.2, -0.15) is 0 Å². The second-order valence-electron chi connectivity index (χ2n) is 2.96. The van der Waals surface area contributed by atoms with Crippen molar-refractivity contribution in [3.05, 3.63) is 15.6 Å². The predicted molar refractivity (Wildman–Crippen MR) is 57.6 cm³/mol. The van der Waals surface area contributed by atoms with Gasteiger partial charge in [-0.1, -0.05) is 37.7 Å². The Balaban J connectivity index is 3.21. The molecule has 1 rings (SSSR count). The summed E-state index contributed by atoms with van der Waals surface area (Å²) in [6, 6.07) is 0. The quantitative estimate of drug-likeness (QED) is 0.592. The Kier molecular flexibility index (Phi) is 3.27. The third kappa shape index (κ3) is 2.19. The summed E-state index contributed by atoms with van der Waals surface area (Å²) in [5.74, 6) is 1.12. The lowest BCUT2D eigenvalue weighted by Gasteiger charge is -2.09. The van der Waals surface area contributed by atoms with Crippen LogP contribution in [0.15, 0.2) is 0 Å². The maximum absolute atomic E-state index is 5.83. The van der Waals surface area contributed by atoms with Gasteiger partial charge >= 0.3 is 0 Å². The standard InChI is InChI=1S/C8H12ClN3S/c1-3-4(2)7-11-6(9)5(10)8(13)12-7/h4H,3,10H2,1-2H3,(H,11,12,13). The van der Waals surface area contributed by atoms with E-state index in [-0.39, 0.29) is 0 Å². The van der Waals surface area contributed by atoms with Gasteiger partial charge in [-0.3, -0.25) is 0 Å². The number of aromatic nitrogens is 2. The van der Waals surface area contributed by atoms with E-state index in [0.29, 0.717) is 21.4 Å². The van der Waals surface area contributed by atoms with Crippen molar-refractivity contribution in [2.75, 3.05) is 5.73 Å². The van der Waals surface area contributed by atoms with Crippen LogP contribution in [0.3, 0.4) is 0 Å². The van der Waals surface area contributed by atoms with E-state index >= 15 is 0 Å². The molecule has 0 spiro atoms. The van der Waals surface area contributed by atoms with Crippen molar-refractivity contribution in [1.29, 1.82) is 0 Å². The zero-order valence-corrected chi connectivity index (χ0v) is 9.17. The van der Waals surface area contributed by atoms with Gasteiger partial charge in [0.25, 0.3) is 0 Å². The third-order valence-electron chi connectivity index (χ3n) is 2.01. The van der Waals surface area contributed by atoms with Crippen LogP contribution in [-0.4, -0.2) is 9.97 Å². The molecule has 3 nitrogen and oxygen atoms in total. The molecule has 1 aromatic rings. The number of anilines is 1. The number of H-pyrrole nitrogens is 1. The van der Waals surface area contributed by atoms with Gasteiger partial charge in [0.2, 0.25) is 0 Å². The number of nitrogens with zero attached hydrogens (tertiary/aromatic N) is 1. The van der Waals surface area contributed by atoms with Crippen LogP contribution in [0.5, 0.6) is 0 Å². The molecule has 1 atom stereocenters. The first kappa shape index (κ1) is 10.5. The molecule has 0 saturated heterocycles. The summed E-state index contributed by atoms with van der Waals surface area (Å²) in [7, 11) is 0. The molecule has 1 aromatic heterocycles.